The zero-order valence-electron chi connectivity index (χ0n) is 11.2. The number of nitrogens with one attached hydrogen (secondary N) is 2. The Kier molecular flexibility index (Phi) is 3.86. The Morgan fingerprint density at radius 3 is 2.84 bits per heavy atom. The fourth-order valence-corrected chi connectivity index (χ4v) is 2.25. The second-order valence-electron chi connectivity index (χ2n) is 5.35. The van der Waals surface area contributed by atoms with Gasteiger partial charge in [0.25, 0.3) is 5.91 Å². The van der Waals surface area contributed by atoms with Crippen molar-refractivity contribution in [2.24, 2.45) is 0 Å². The van der Waals surface area contributed by atoms with Crippen molar-refractivity contribution < 1.29 is 19.1 Å². The van der Waals surface area contributed by atoms with Crippen LogP contribution in [0.1, 0.15) is 20.3 Å². The maximum atomic E-state index is 12.3. The monoisotopic (exact) mass is 269 g/mol. The first-order valence-corrected chi connectivity index (χ1v) is 6.37. The maximum Gasteiger partial charge on any atom is 0.252 e. The number of carbonyl (C=O) groups is 3. The van der Waals surface area contributed by atoms with Gasteiger partial charge in [-0.2, -0.15) is 0 Å². The molecule has 1 unspecified atom stereocenters. The molecule has 19 heavy (non-hydrogen) atoms. The van der Waals surface area contributed by atoms with Gasteiger partial charge in [0.1, 0.15) is 12.1 Å². The molecule has 106 valence electrons. The van der Waals surface area contributed by atoms with E-state index in [-0.39, 0.29) is 24.9 Å². The lowest BCUT2D eigenvalue weighted by molar-refractivity contribution is -0.156. The van der Waals surface area contributed by atoms with Crippen molar-refractivity contribution in [3.8, 4) is 0 Å². The van der Waals surface area contributed by atoms with Crippen molar-refractivity contribution in [2.75, 3.05) is 26.3 Å². The van der Waals surface area contributed by atoms with E-state index in [1.165, 1.54) is 4.90 Å². The summed E-state index contributed by atoms with van der Waals surface area (Å²) in [6, 6.07) is -0.0582. The molecule has 7 heteroatoms. The van der Waals surface area contributed by atoms with E-state index in [0.717, 1.165) is 0 Å². The van der Waals surface area contributed by atoms with E-state index in [4.69, 9.17) is 4.74 Å². The summed E-state index contributed by atoms with van der Waals surface area (Å²) in [5, 5.41) is 5.43. The van der Waals surface area contributed by atoms with Crippen LogP contribution in [0.4, 0.5) is 0 Å². The fourth-order valence-electron chi connectivity index (χ4n) is 2.25. The van der Waals surface area contributed by atoms with E-state index in [1.54, 1.807) is 13.8 Å². The molecule has 2 saturated heterocycles. The summed E-state index contributed by atoms with van der Waals surface area (Å²) in [4.78, 5) is 36.8. The van der Waals surface area contributed by atoms with Gasteiger partial charge in [-0.3, -0.25) is 19.7 Å². The van der Waals surface area contributed by atoms with E-state index in [9.17, 15) is 14.4 Å². The minimum atomic E-state index is -0.999. The Hall–Kier alpha value is -1.47. The molecule has 0 aromatic carbocycles. The van der Waals surface area contributed by atoms with Gasteiger partial charge in [-0.05, 0) is 13.8 Å². The van der Waals surface area contributed by atoms with Crippen LogP contribution in [-0.4, -0.2) is 60.5 Å². The normalized spacial score (nSPS) is 27.1. The molecule has 2 heterocycles. The van der Waals surface area contributed by atoms with Gasteiger partial charge in [0.15, 0.2) is 0 Å². The third-order valence-electron chi connectivity index (χ3n) is 3.51. The van der Waals surface area contributed by atoms with Crippen LogP contribution in [-0.2, 0) is 19.1 Å². The van der Waals surface area contributed by atoms with Crippen LogP contribution in [0.3, 0.4) is 0 Å². The molecule has 2 aliphatic heterocycles. The molecule has 0 aromatic rings. The Morgan fingerprint density at radius 2 is 2.21 bits per heavy atom. The lowest BCUT2D eigenvalue weighted by Gasteiger charge is -2.40. The van der Waals surface area contributed by atoms with E-state index in [2.05, 4.69) is 10.6 Å². The van der Waals surface area contributed by atoms with Gasteiger partial charge in [-0.15, -0.1) is 0 Å². The second kappa shape index (κ2) is 5.26. The number of morpholine rings is 1. The molecule has 0 aromatic heterocycles. The molecule has 2 aliphatic rings. The number of piperazine rings is 1. The van der Waals surface area contributed by atoms with Crippen LogP contribution in [0.5, 0.6) is 0 Å². The number of carbonyl (C=O) groups excluding carboxylic acids is 3. The Bertz CT molecular complexity index is 402. The van der Waals surface area contributed by atoms with Crippen LogP contribution in [0.2, 0.25) is 0 Å². The zero-order chi connectivity index (χ0) is 14.0. The van der Waals surface area contributed by atoms with Crippen molar-refractivity contribution in [2.45, 2.75) is 31.8 Å². The minimum absolute atomic E-state index is 0.0582. The highest BCUT2D eigenvalue weighted by Gasteiger charge is 2.43. The lowest BCUT2D eigenvalue weighted by Crippen LogP contribution is -2.66. The first-order chi connectivity index (χ1) is 8.91. The molecule has 2 rings (SSSR count). The largest absolute Gasteiger partial charge is 0.378 e. The molecule has 0 saturated carbocycles. The summed E-state index contributed by atoms with van der Waals surface area (Å²) in [6.45, 7) is 5.02. The molecular weight excluding hydrogens is 250 g/mol. The molecule has 3 amide bonds. The molecule has 1 atom stereocenters. The van der Waals surface area contributed by atoms with Gasteiger partial charge in [0.2, 0.25) is 11.8 Å². The number of rotatable bonds is 2. The Morgan fingerprint density at radius 1 is 1.47 bits per heavy atom. The van der Waals surface area contributed by atoms with Gasteiger partial charge in [0, 0.05) is 19.0 Å². The SMILES string of the molecule is CC1(C)C(=O)NC(=O)CN1C(=O)CC1COCCN1. The molecule has 7 nitrogen and oxygen atoms in total. The molecule has 2 N–H and O–H groups in total. The van der Waals surface area contributed by atoms with E-state index < -0.39 is 17.4 Å². The smallest absolute Gasteiger partial charge is 0.252 e. The molecule has 0 bridgehead atoms. The topological polar surface area (TPSA) is 87.7 Å². The van der Waals surface area contributed by atoms with Gasteiger partial charge in [-0.25, -0.2) is 0 Å². The molecule has 0 radical (unpaired) electrons. The van der Waals surface area contributed by atoms with Crippen LogP contribution in [0, 0.1) is 0 Å². The second-order valence-corrected chi connectivity index (χ2v) is 5.35. The number of hydrogen-bond donors (Lipinski definition) is 2. The van der Waals surface area contributed by atoms with Crippen LogP contribution in [0.15, 0.2) is 0 Å². The predicted molar refractivity (Wildman–Crippen MR) is 66.2 cm³/mol. The van der Waals surface area contributed by atoms with Crippen molar-refractivity contribution >= 4 is 17.7 Å². The highest BCUT2D eigenvalue weighted by molar-refractivity contribution is 6.06. The van der Waals surface area contributed by atoms with Crippen molar-refractivity contribution in [1.29, 1.82) is 0 Å². The summed E-state index contributed by atoms with van der Waals surface area (Å²) in [6.07, 6.45) is 0.226. The summed E-state index contributed by atoms with van der Waals surface area (Å²) in [7, 11) is 0. The first kappa shape index (κ1) is 14.0. The third kappa shape index (κ3) is 2.93. The molecule has 0 aliphatic carbocycles. The Labute approximate surface area is 111 Å². The summed E-state index contributed by atoms with van der Waals surface area (Å²) in [5.74, 6) is -1.09. The average molecular weight is 269 g/mol. The number of hydrogen-bond acceptors (Lipinski definition) is 5. The summed E-state index contributed by atoms with van der Waals surface area (Å²) >= 11 is 0. The maximum absolute atomic E-state index is 12.3. The van der Waals surface area contributed by atoms with Crippen LogP contribution < -0.4 is 10.6 Å². The molecular formula is C12H19N3O4. The number of imide groups is 1. The van der Waals surface area contributed by atoms with Gasteiger partial charge >= 0.3 is 0 Å². The van der Waals surface area contributed by atoms with E-state index >= 15 is 0 Å². The van der Waals surface area contributed by atoms with Crippen molar-refractivity contribution in [3.63, 3.8) is 0 Å². The number of amides is 3. The van der Waals surface area contributed by atoms with Crippen LogP contribution in [0.25, 0.3) is 0 Å². The number of ether oxygens (including phenoxy) is 1. The van der Waals surface area contributed by atoms with Gasteiger partial charge in [0.05, 0.1) is 13.2 Å². The molecule has 2 fully saturated rings. The zero-order valence-corrected chi connectivity index (χ0v) is 11.2. The minimum Gasteiger partial charge on any atom is -0.378 e. The van der Waals surface area contributed by atoms with Gasteiger partial charge < -0.3 is 15.0 Å². The van der Waals surface area contributed by atoms with Crippen LogP contribution >= 0.6 is 0 Å². The van der Waals surface area contributed by atoms with E-state index in [1.807, 2.05) is 0 Å². The molecule has 0 spiro atoms. The highest BCUT2D eigenvalue weighted by Crippen LogP contribution is 2.19. The lowest BCUT2D eigenvalue weighted by atomic mass is 9.97. The summed E-state index contributed by atoms with van der Waals surface area (Å²) < 4.78 is 5.29. The quantitative estimate of drug-likeness (QED) is 0.604. The summed E-state index contributed by atoms with van der Waals surface area (Å²) in [5.41, 5.74) is -0.999. The van der Waals surface area contributed by atoms with E-state index in [0.29, 0.717) is 19.8 Å². The van der Waals surface area contributed by atoms with Crippen molar-refractivity contribution in [3.05, 3.63) is 0 Å². The first-order valence-electron chi connectivity index (χ1n) is 6.37. The van der Waals surface area contributed by atoms with Gasteiger partial charge in [-0.1, -0.05) is 0 Å². The fraction of sp³-hybridized carbons (Fsp3) is 0.750. The third-order valence-corrected chi connectivity index (χ3v) is 3.51. The average Bonchev–Trinajstić information content (AvgIpc) is 2.35. The Balaban J connectivity index is 2.03. The number of nitrogens with zero attached hydrogens (tertiary/aromatic N) is 1. The highest BCUT2D eigenvalue weighted by atomic mass is 16.5. The predicted octanol–water partition coefficient (Wildman–Crippen LogP) is -1.37. The standard InChI is InChI=1S/C12H19N3O4/c1-12(2)11(18)14-9(16)6-15(12)10(17)5-8-7-19-4-3-13-8/h8,13H,3-7H2,1-2H3,(H,14,16,18). The van der Waals surface area contributed by atoms with Crippen molar-refractivity contribution in [1.82, 2.24) is 15.5 Å².